The molecule has 1 aliphatic heterocycles. The Balaban J connectivity index is 0.00000243. The summed E-state index contributed by atoms with van der Waals surface area (Å²) in [5.74, 6) is 3.58. The maximum Gasteiger partial charge on any atom is 0.191 e. The van der Waals surface area contributed by atoms with Crippen molar-refractivity contribution < 1.29 is 4.39 Å². The highest BCUT2D eigenvalue weighted by atomic mass is 127. The second kappa shape index (κ2) is 10.7. The molecule has 26 heavy (non-hydrogen) atoms. The van der Waals surface area contributed by atoms with Crippen LogP contribution in [-0.2, 0) is 19.5 Å². The van der Waals surface area contributed by atoms with Crippen LogP contribution in [-0.4, -0.2) is 40.1 Å². The molecule has 1 aliphatic rings. The number of hydrogen-bond donors (Lipinski definition) is 2. The first-order valence-corrected chi connectivity index (χ1v) is 9.48. The molecule has 0 amide bonds. The molecule has 1 aromatic carbocycles. The van der Waals surface area contributed by atoms with Crippen molar-refractivity contribution in [2.75, 3.05) is 19.3 Å². The van der Waals surface area contributed by atoms with E-state index < -0.39 is 0 Å². The normalized spacial score (nSPS) is 13.2. The van der Waals surface area contributed by atoms with Gasteiger partial charge in [0.15, 0.2) is 11.8 Å². The predicted octanol–water partition coefficient (Wildman–Crippen LogP) is 2.83. The number of hydrogen-bond acceptors (Lipinski definition) is 4. The van der Waals surface area contributed by atoms with Gasteiger partial charge in [0.2, 0.25) is 0 Å². The number of aryl methyl sites for hydroxylation is 1. The van der Waals surface area contributed by atoms with Crippen molar-refractivity contribution in [3.63, 3.8) is 0 Å². The number of aliphatic imine (C=N–C) groups is 1. The Hall–Kier alpha value is -1.36. The van der Waals surface area contributed by atoms with E-state index in [-0.39, 0.29) is 29.8 Å². The number of fused-ring (bicyclic) bond motifs is 1. The summed E-state index contributed by atoms with van der Waals surface area (Å²) >= 11 is 1.72. The summed E-state index contributed by atoms with van der Waals surface area (Å²) in [7, 11) is 1.76. The minimum absolute atomic E-state index is 0. The third kappa shape index (κ3) is 5.83. The Morgan fingerprint density at radius 2 is 2.08 bits per heavy atom. The third-order valence-electron chi connectivity index (χ3n) is 4.02. The second-order valence-corrected chi connectivity index (χ2v) is 6.96. The summed E-state index contributed by atoms with van der Waals surface area (Å²) in [6.45, 7) is 2.45. The van der Waals surface area contributed by atoms with E-state index in [1.807, 2.05) is 12.1 Å². The second-order valence-electron chi connectivity index (χ2n) is 5.80. The molecule has 0 unspecified atom stereocenters. The van der Waals surface area contributed by atoms with Gasteiger partial charge < -0.3 is 15.2 Å². The summed E-state index contributed by atoms with van der Waals surface area (Å²) < 4.78 is 15.0. The van der Waals surface area contributed by atoms with Gasteiger partial charge in [-0.3, -0.25) is 4.99 Å². The molecule has 9 heteroatoms. The zero-order valence-corrected chi connectivity index (χ0v) is 17.9. The molecule has 0 aliphatic carbocycles. The highest BCUT2D eigenvalue weighted by Gasteiger charge is 2.16. The molecule has 3 rings (SSSR count). The Morgan fingerprint density at radius 3 is 2.85 bits per heavy atom. The number of thioether (sulfide) groups is 1. The summed E-state index contributed by atoms with van der Waals surface area (Å²) in [5.41, 5.74) is 0. The molecular weight excluding hydrogens is 466 g/mol. The molecule has 1 aromatic heterocycles. The van der Waals surface area contributed by atoms with Gasteiger partial charge in [-0.2, -0.15) is 0 Å². The van der Waals surface area contributed by atoms with E-state index in [1.165, 1.54) is 12.1 Å². The van der Waals surface area contributed by atoms with Gasteiger partial charge in [0.05, 0.1) is 6.54 Å². The molecule has 2 heterocycles. The monoisotopic (exact) mass is 490 g/mol. The highest BCUT2D eigenvalue weighted by Crippen LogP contribution is 2.18. The van der Waals surface area contributed by atoms with E-state index in [1.54, 1.807) is 18.8 Å². The fourth-order valence-electron chi connectivity index (χ4n) is 2.72. The first kappa shape index (κ1) is 20.9. The van der Waals surface area contributed by atoms with Crippen LogP contribution in [0.5, 0.6) is 0 Å². The number of halogens is 2. The van der Waals surface area contributed by atoms with Crippen molar-refractivity contribution >= 4 is 41.7 Å². The lowest BCUT2D eigenvalue weighted by molar-refractivity contribution is 0.626. The van der Waals surface area contributed by atoms with Crippen molar-refractivity contribution in [3.05, 3.63) is 41.7 Å². The molecule has 0 saturated carbocycles. The summed E-state index contributed by atoms with van der Waals surface area (Å²) in [4.78, 5) is 5.32. The van der Waals surface area contributed by atoms with Crippen molar-refractivity contribution in [1.82, 2.24) is 25.4 Å². The fourth-order valence-corrected chi connectivity index (χ4v) is 3.58. The third-order valence-corrected chi connectivity index (χ3v) is 5.12. The first-order chi connectivity index (χ1) is 12.3. The maximum absolute atomic E-state index is 12.9. The summed E-state index contributed by atoms with van der Waals surface area (Å²) in [6, 6.07) is 6.61. The number of rotatable bonds is 7. The molecule has 2 N–H and O–H groups in total. The topological polar surface area (TPSA) is 67.1 Å². The standard InChI is InChI=1S/C17H23FN6S.HI/c1-19-17(21-12-16-23-22-15-4-2-10-24(15)16)20-9-3-11-25-14-7-5-13(18)6-8-14;/h5-8H,2-4,9-12H2,1H3,(H2,19,20,21);1H. The van der Waals surface area contributed by atoms with Gasteiger partial charge in [-0.05, 0) is 42.9 Å². The Bertz CT molecular complexity index is 719. The predicted molar refractivity (Wildman–Crippen MR) is 114 cm³/mol. The van der Waals surface area contributed by atoms with Crippen LogP contribution in [0.25, 0.3) is 0 Å². The molecule has 6 nitrogen and oxygen atoms in total. The zero-order chi connectivity index (χ0) is 17.5. The Labute approximate surface area is 174 Å². The highest BCUT2D eigenvalue weighted by molar-refractivity contribution is 14.0. The van der Waals surface area contributed by atoms with Crippen LogP contribution in [0.15, 0.2) is 34.2 Å². The smallest absolute Gasteiger partial charge is 0.191 e. The van der Waals surface area contributed by atoms with Crippen molar-refractivity contribution in [2.45, 2.75) is 37.2 Å². The lowest BCUT2D eigenvalue weighted by atomic mass is 10.4. The van der Waals surface area contributed by atoms with Crippen LogP contribution >= 0.6 is 35.7 Å². The van der Waals surface area contributed by atoms with E-state index in [0.29, 0.717) is 6.54 Å². The van der Waals surface area contributed by atoms with Gasteiger partial charge in [0, 0.05) is 31.5 Å². The Morgan fingerprint density at radius 1 is 1.27 bits per heavy atom. The molecule has 0 bridgehead atoms. The number of guanidine groups is 1. The SMILES string of the molecule is CN=C(NCCCSc1ccc(F)cc1)NCc1nnc2n1CCC2.I. The van der Waals surface area contributed by atoms with E-state index in [2.05, 4.69) is 30.4 Å². The van der Waals surface area contributed by atoms with Crippen LogP contribution < -0.4 is 10.6 Å². The molecule has 0 saturated heterocycles. The van der Waals surface area contributed by atoms with Crippen LogP contribution in [0.1, 0.15) is 24.5 Å². The molecule has 0 fully saturated rings. The van der Waals surface area contributed by atoms with Crippen LogP contribution in [0.2, 0.25) is 0 Å². The quantitative estimate of drug-likeness (QED) is 0.206. The lowest BCUT2D eigenvalue weighted by Gasteiger charge is -2.11. The summed E-state index contributed by atoms with van der Waals surface area (Å²) in [6.07, 6.45) is 3.16. The van der Waals surface area contributed by atoms with Gasteiger partial charge in [-0.15, -0.1) is 45.9 Å². The van der Waals surface area contributed by atoms with Crippen LogP contribution in [0.4, 0.5) is 4.39 Å². The van der Waals surface area contributed by atoms with E-state index in [4.69, 9.17) is 0 Å². The summed E-state index contributed by atoms with van der Waals surface area (Å²) in [5, 5.41) is 15.0. The largest absolute Gasteiger partial charge is 0.356 e. The minimum Gasteiger partial charge on any atom is -0.356 e. The van der Waals surface area contributed by atoms with Crippen molar-refractivity contribution in [1.29, 1.82) is 0 Å². The van der Waals surface area contributed by atoms with Gasteiger partial charge in [-0.1, -0.05) is 0 Å². The van der Waals surface area contributed by atoms with E-state index in [0.717, 1.165) is 60.6 Å². The zero-order valence-electron chi connectivity index (χ0n) is 14.7. The molecule has 0 atom stereocenters. The minimum atomic E-state index is -0.195. The number of benzene rings is 1. The molecular formula is C17H24FIN6S. The molecule has 0 radical (unpaired) electrons. The van der Waals surface area contributed by atoms with Crippen LogP contribution in [0, 0.1) is 5.82 Å². The van der Waals surface area contributed by atoms with Gasteiger partial charge in [0.1, 0.15) is 11.6 Å². The number of nitrogens with one attached hydrogen (secondary N) is 2. The average Bonchev–Trinajstić information content (AvgIpc) is 3.23. The van der Waals surface area contributed by atoms with E-state index in [9.17, 15) is 4.39 Å². The molecule has 142 valence electrons. The molecule has 0 spiro atoms. The molecule has 2 aromatic rings. The number of nitrogens with zero attached hydrogens (tertiary/aromatic N) is 4. The lowest BCUT2D eigenvalue weighted by Crippen LogP contribution is -2.38. The van der Waals surface area contributed by atoms with Crippen molar-refractivity contribution in [3.8, 4) is 0 Å². The first-order valence-electron chi connectivity index (χ1n) is 8.50. The van der Waals surface area contributed by atoms with Gasteiger partial charge in [-0.25, -0.2) is 4.39 Å². The Kier molecular flexibility index (Phi) is 8.63. The maximum atomic E-state index is 12.9. The fraction of sp³-hybridized carbons (Fsp3) is 0.471. The average molecular weight is 490 g/mol. The van der Waals surface area contributed by atoms with E-state index >= 15 is 0 Å². The van der Waals surface area contributed by atoms with Crippen molar-refractivity contribution in [2.24, 2.45) is 4.99 Å². The van der Waals surface area contributed by atoms with Crippen LogP contribution in [0.3, 0.4) is 0 Å². The number of aromatic nitrogens is 3. The van der Waals surface area contributed by atoms with Gasteiger partial charge in [0.25, 0.3) is 0 Å². The van der Waals surface area contributed by atoms with Gasteiger partial charge >= 0.3 is 0 Å².